The molecule has 1 aromatic carbocycles. The maximum atomic E-state index is 6.82. The van der Waals surface area contributed by atoms with Gasteiger partial charge < -0.3 is 10.1 Å². The number of benzene rings is 1. The highest BCUT2D eigenvalue weighted by Crippen LogP contribution is 2.39. The normalized spacial score (nSPS) is 24.5. The van der Waals surface area contributed by atoms with Gasteiger partial charge in [0.2, 0.25) is 0 Å². The summed E-state index contributed by atoms with van der Waals surface area (Å²) in [6, 6.07) is 11.1. The van der Waals surface area contributed by atoms with Crippen LogP contribution in [-0.4, -0.2) is 18.2 Å². The Kier molecular flexibility index (Phi) is 5.45. The van der Waals surface area contributed by atoms with Crippen LogP contribution >= 0.6 is 0 Å². The van der Waals surface area contributed by atoms with E-state index in [1.807, 2.05) is 0 Å². The summed E-state index contributed by atoms with van der Waals surface area (Å²) < 4.78 is 6.82. The molecular weight excluding hydrogens is 258 g/mol. The predicted molar refractivity (Wildman–Crippen MR) is 89.5 cm³/mol. The van der Waals surface area contributed by atoms with Crippen molar-refractivity contribution < 1.29 is 4.74 Å². The summed E-state index contributed by atoms with van der Waals surface area (Å²) in [4.78, 5) is 0. The van der Waals surface area contributed by atoms with Crippen LogP contribution in [0.15, 0.2) is 30.3 Å². The van der Waals surface area contributed by atoms with Crippen LogP contribution in [0.2, 0.25) is 0 Å². The van der Waals surface area contributed by atoms with Gasteiger partial charge in [-0.05, 0) is 51.6 Å². The highest BCUT2D eigenvalue weighted by Gasteiger charge is 2.43. The third kappa shape index (κ3) is 3.67. The van der Waals surface area contributed by atoms with Crippen molar-refractivity contribution in [2.75, 3.05) is 6.54 Å². The minimum atomic E-state index is -0.252. The van der Waals surface area contributed by atoms with Crippen molar-refractivity contribution in [1.82, 2.24) is 5.32 Å². The molecule has 3 atom stereocenters. The van der Waals surface area contributed by atoms with Crippen LogP contribution in [-0.2, 0) is 10.3 Å². The summed E-state index contributed by atoms with van der Waals surface area (Å²) in [7, 11) is 0. The fourth-order valence-corrected chi connectivity index (χ4v) is 3.60. The van der Waals surface area contributed by atoms with Gasteiger partial charge in [0.25, 0.3) is 0 Å². The molecular formula is C19H31NO. The Hall–Kier alpha value is -0.860. The second-order valence-electron chi connectivity index (χ2n) is 6.78. The fourth-order valence-electron chi connectivity index (χ4n) is 3.60. The lowest BCUT2D eigenvalue weighted by molar-refractivity contribution is -0.164. The van der Waals surface area contributed by atoms with E-state index in [0.29, 0.717) is 6.04 Å². The standard InChI is InChI=1S/C19H31NO/c1-5-14-18(3,6-2)21-19(4,17-13-10-15-20-17)16-11-8-7-9-12-16/h7-9,11-12,17,20H,5-6,10,13-15H2,1-4H3/t17-,18?,19+/m1/s1. The molecule has 0 aromatic heterocycles. The Morgan fingerprint density at radius 1 is 1.19 bits per heavy atom. The van der Waals surface area contributed by atoms with Gasteiger partial charge in [-0.2, -0.15) is 0 Å². The Bertz CT molecular complexity index is 426. The smallest absolute Gasteiger partial charge is 0.106 e. The molecule has 0 spiro atoms. The molecule has 0 saturated carbocycles. The first kappa shape index (κ1) is 16.5. The van der Waals surface area contributed by atoms with E-state index in [0.717, 1.165) is 25.8 Å². The van der Waals surface area contributed by atoms with Crippen LogP contribution in [0.5, 0.6) is 0 Å². The topological polar surface area (TPSA) is 21.3 Å². The zero-order valence-corrected chi connectivity index (χ0v) is 14.1. The Labute approximate surface area is 130 Å². The molecule has 1 N–H and O–H groups in total. The largest absolute Gasteiger partial charge is 0.363 e. The number of rotatable bonds is 7. The quantitative estimate of drug-likeness (QED) is 0.789. The third-order valence-corrected chi connectivity index (χ3v) is 5.06. The monoisotopic (exact) mass is 289 g/mol. The van der Waals surface area contributed by atoms with E-state index < -0.39 is 0 Å². The minimum absolute atomic E-state index is 0.0520. The fraction of sp³-hybridized carbons (Fsp3) is 0.684. The van der Waals surface area contributed by atoms with Gasteiger partial charge in [-0.1, -0.05) is 50.6 Å². The van der Waals surface area contributed by atoms with E-state index in [1.165, 1.54) is 18.4 Å². The average molecular weight is 289 g/mol. The Balaban J connectivity index is 2.32. The summed E-state index contributed by atoms with van der Waals surface area (Å²) in [5, 5.41) is 3.66. The molecule has 118 valence electrons. The second-order valence-corrected chi connectivity index (χ2v) is 6.78. The Morgan fingerprint density at radius 2 is 1.90 bits per heavy atom. The van der Waals surface area contributed by atoms with Gasteiger partial charge >= 0.3 is 0 Å². The molecule has 1 aliphatic heterocycles. The highest BCUT2D eigenvalue weighted by atomic mass is 16.5. The molecule has 0 bridgehead atoms. The maximum absolute atomic E-state index is 6.82. The van der Waals surface area contributed by atoms with Crippen LogP contribution < -0.4 is 5.32 Å². The number of hydrogen-bond donors (Lipinski definition) is 1. The predicted octanol–water partition coefficient (Wildman–Crippen LogP) is 4.64. The van der Waals surface area contributed by atoms with Crippen LogP contribution in [0.1, 0.15) is 65.4 Å². The van der Waals surface area contributed by atoms with Crippen LogP contribution in [0, 0.1) is 0 Å². The molecule has 2 rings (SSSR count). The van der Waals surface area contributed by atoms with Gasteiger partial charge in [0.05, 0.1) is 5.60 Å². The average Bonchev–Trinajstić information content (AvgIpc) is 3.03. The summed E-state index contributed by atoms with van der Waals surface area (Å²) in [5.74, 6) is 0. The van der Waals surface area contributed by atoms with Crippen molar-refractivity contribution in [3.8, 4) is 0 Å². The maximum Gasteiger partial charge on any atom is 0.106 e. The molecule has 0 amide bonds. The van der Waals surface area contributed by atoms with Crippen LogP contribution in [0.3, 0.4) is 0 Å². The zero-order valence-electron chi connectivity index (χ0n) is 14.1. The van der Waals surface area contributed by atoms with Gasteiger partial charge in [-0.25, -0.2) is 0 Å². The summed E-state index contributed by atoms with van der Waals surface area (Å²) in [6.07, 6.45) is 5.76. The number of hydrogen-bond acceptors (Lipinski definition) is 2. The van der Waals surface area contributed by atoms with Crippen molar-refractivity contribution in [1.29, 1.82) is 0 Å². The summed E-state index contributed by atoms with van der Waals surface area (Å²) in [5.41, 5.74) is 0.988. The van der Waals surface area contributed by atoms with E-state index in [2.05, 4.69) is 63.3 Å². The van der Waals surface area contributed by atoms with Gasteiger partial charge in [0.1, 0.15) is 5.60 Å². The van der Waals surface area contributed by atoms with Crippen molar-refractivity contribution >= 4 is 0 Å². The molecule has 1 aromatic rings. The molecule has 0 aliphatic carbocycles. The molecule has 0 radical (unpaired) electrons. The van der Waals surface area contributed by atoms with Crippen LogP contribution in [0.25, 0.3) is 0 Å². The molecule has 1 fully saturated rings. The Morgan fingerprint density at radius 3 is 2.43 bits per heavy atom. The first-order valence-electron chi connectivity index (χ1n) is 8.53. The highest BCUT2D eigenvalue weighted by molar-refractivity contribution is 5.25. The molecule has 1 heterocycles. The number of nitrogens with one attached hydrogen (secondary N) is 1. The lowest BCUT2D eigenvalue weighted by atomic mass is 9.85. The van der Waals surface area contributed by atoms with E-state index in [1.54, 1.807) is 0 Å². The van der Waals surface area contributed by atoms with Crippen molar-refractivity contribution in [2.24, 2.45) is 0 Å². The van der Waals surface area contributed by atoms with Gasteiger partial charge in [-0.3, -0.25) is 0 Å². The molecule has 21 heavy (non-hydrogen) atoms. The lowest BCUT2D eigenvalue weighted by Crippen LogP contribution is -2.50. The van der Waals surface area contributed by atoms with Crippen molar-refractivity contribution in [2.45, 2.75) is 77.0 Å². The first-order valence-corrected chi connectivity index (χ1v) is 8.53. The molecule has 1 aliphatic rings. The van der Waals surface area contributed by atoms with Gasteiger partial charge in [0, 0.05) is 6.04 Å². The van der Waals surface area contributed by atoms with Crippen molar-refractivity contribution in [3.63, 3.8) is 0 Å². The zero-order chi connectivity index (χ0) is 15.3. The van der Waals surface area contributed by atoms with E-state index >= 15 is 0 Å². The van der Waals surface area contributed by atoms with E-state index in [4.69, 9.17) is 4.74 Å². The summed E-state index contributed by atoms with van der Waals surface area (Å²) in [6.45, 7) is 10.1. The second kappa shape index (κ2) is 6.93. The van der Waals surface area contributed by atoms with Crippen molar-refractivity contribution in [3.05, 3.63) is 35.9 Å². The van der Waals surface area contributed by atoms with Gasteiger partial charge in [-0.15, -0.1) is 0 Å². The molecule has 2 nitrogen and oxygen atoms in total. The number of ether oxygens (including phenoxy) is 1. The SMILES string of the molecule is CCCC(C)(CC)O[C@@](C)(c1ccccc1)[C@H]1CCCN1. The van der Waals surface area contributed by atoms with Crippen LogP contribution in [0.4, 0.5) is 0 Å². The molecule has 1 unspecified atom stereocenters. The first-order chi connectivity index (χ1) is 10.0. The lowest BCUT2D eigenvalue weighted by Gasteiger charge is -2.44. The third-order valence-electron chi connectivity index (χ3n) is 5.06. The molecule has 2 heteroatoms. The van der Waals surface area contributed by atoms with Gasteiger partial charge in [0.15, 0.2) is 0 Å². The van der Waals surface area contributed by atoms with E-state index in [-0.39, 0.29) is 11.2 Å². The summed E-state index contributed by atoms with van der Waals surface area (Å²) >= 11 is 0. The molecule has 1 saturated heterocycles. The van der Waals surface area contributed by atoms with E-state index in [9.17, 15) is 0 Å². The minimum Gasteiger partial charge on any atom is -0.363 e.